The van der Waals surface area contributed by atoms with Crippen LogP contribution in [0.5, 0.6) is 0 Å². The van der Waals surface area contributed by atoms with Crippen LogP contribution in [0.4, 0.5) is 13.2 Å². The molecule has 0 saturated carbocycles. The van der Waals surface area contributed by atoms with Crippen molar-refractivity contribution in [3.05, 3.63) is 38.0 Å². The van der Waals surface area contributed by atoms with E-state index in [4.69, 9.17) is 0 Å². The minimum Gasteiger partial charge on any atom is -0.305 e. The van der Waals surface area contributed by atoms with Crippen LogP contribution < -0.4 is 5.32 Å². The van der Waals surface area contributed by atoms with Gasteiger partial charge in [0, 0.05) is 16.0 Å². The van der Waals surface area contributed by atoms with Crippen LogP contribution in [0, 0.1) is 6.92 Å². The molecular formula is C12H13F3N2S2. The van der Waals surface area contributed by atoms with Crippen LogP contribution in [0.1, 0.15) is 33.3 Å². The zero-order chi connectivity index (χ0) is 14.0. The highest BCUT2D eigenvalue weighted by molar-refractivity contribution is 7.12. The third kappa shape index (κ3) is 3.16. The summed E-state index contributed by atoms with van der Waals surface area (Å²) >= 11 is 2.25. The number of aryl methyl sites for hydroxylation is 1. The zero-order valence-corrected chi connectivity index (χ0v) is 12.0. The Morgan fingerprint density at radius 2 is 2.16 bits per heavy atom. The molecule has 2 rings (SSSR count). The standard InChI is InChI=1S/C12H13F3N2S2/c1-3-16-9(10-7(2)4-5-18-10)8-6-17-11(19-8)12(13,14)15/h4-6,9,16H,3H2,1-2H3. The average Bonchev–Trinajstić information content (AvgIpc) is 2.94. The monoisotopic (exact) mass is 306 g/mol. The smallest absolute Gasteiger partial charge is 0.305 e. The molecule has 19 heavy (non-hydrogen) atoms. The van der Waals surface area contributed by atoms with Crippen molar-refractivity contribution in [1.82, 2.24) is 10.3 Å². The Morgan fingerprint density at radius 1 is 1.42 bits per heavy atom. The van der Waals surface area contributed by atoms with Gasteiger partial charge < -0.3 is 5.32 Å². The molecule has 0 saturated heterocycles. The number of rotatable bonds is 4. The predicted molar refractivity (Wildman–Crippen MR) is 71.7 cm³/mol. The minimum absolute atomic E-state index is 0.210. The molecule has 0 aromatic carbocycles. The molecule has 0 spiro atoms. The lowest BCUT2D eigenvalue weighted by Gasteiger charge is -2.15. The lowest BCUT2D eigenvalue weighted by Crippen LogP contribution is -2.20. The van der Waals surface area contributed by atoms with Crippen LogP contribution in [0.3, 0.4) is 0 Å². The molecule has 1 atom stereocenters. The molecule has 2 nitrogen and oxygen atoms in total. The molecule has 2 heterocycles. The summed E-state index contributed by atoms with van der Waals surface area (Å²) in [5, 5.41) is 4.37. The number of nitrogens with one attached hydrogen (secondary N) is 1. The van der Waals surface area contributed by atoms with Crippen LogP contribution in [0.15, 0.2) is 17.6 Å². The molecule has 0 fully saturated rings. The molecule has 104 valence electrons. The van der Waals surface area contributed by atoms with Crippen molar-refractivity contribution in [3.8, 4) is 0 Å². The van der Waals surface area contributed by atoms with Gasteiger partial charge in [0.15, 0.2) is 5.01 Å². The van der Waals surface area contributed by atoms with Crippen molar-refractivity contribution in [2.45, 2.75) is 26.1 Å². The number of thiazole rings is 1. The molecular weight excluding hydrogens is 293 g/mol. The van der Waals surface area contributed by atoms with Gasteiger partial charge in [-0.2, -0.15) is 13.2 Å². The predicted octanol–water partition coefficient (Wildman–Crippen LogP) is 4.23. The molecule has 0 amide bonds. The number of nitrogens with zero attached hydrogens (tertiary/aromatic N) is 1. The van der Waals surface area contributed by atoms with Crippen molar-refractivity contribution in [2.24, 2.45) is 0 Å². The van der Waals surface area contributed by atoms with E-state index in [1.54, 1.807) is 11.3 Å². The first-order chi connectivity index (χ1) is 8.93. The van der Waals surface area contributed by atoms with Crippen LogP contribution in [-0.2, 0) is 6.18 Å². The van der Waals surface area contributed by atoms with E-state index in [1.165, 1.54) is 6.20 Å². The second-order valence-electron chi connectivity index (χ2n) is 4.02. The molecule has 0 aliphatic carbocycles. The quantitative estimate of drug-likeness (QED) is 0.914. The summed E-state index contributed by atoms with van der Waals surface area (Å²) in [4.78, 5) is 5.13. The van der Waals surface area contributed by atoms with Gasteiger partial charge in [-0.05, 0) is 30.5 Å². The van der Waals surface area contributed by atoms with Crippen molar-refractivity contribution < 1.29 is 13.2 Å². The van der Waals surface area contributed by atoms with Crippen molar-refractivity contribution in [2.75, 3.05) is 6.54 Å². The normalized spacial score (nSPS) is 13.7. The second kappa shape index (κ2) is 5.60. The van der Waals surface area contributed by atoms with Gasteiger partial charge in [-0.3, -0.25) is 0 Å². The van der Waals surface area contributed by atoms with E-state index in [0.717, 1.165) is 10.4 Å². The summed E-state index contributed by atoms with van der Waals surface area (Å²) in [5.41, 5.74) is 1.08. The van der Waals surface area contributed by atoms with Crippen molar-refractivity contribution >= 4 is 22.7 Å². The van der Waals surface area contributed by atoms with Gasteiger partial charge in [0.1, 0.15) is 0 Å². The lowest BCUT2D eigenvalue weighted by atomic mass is 10.1. The molecule has 7 heteroatoms. The molecule has 2 aromatic rings. The van der Waals surface area contributed by atoms with E-state index in [2.05, 4.69) is 10.3 Å². The molecule has 0 aliphatic rings. The van der Waals surface area contributed by atoms with Crippen LogP contribution in [-0.4, -0.2) is 11.5 Å². The number of halogens is 3. The van der Waals surface area contributed by atoms with Crippen LogP contribution in [0.25, 0.3) is 0 Å². The number of hydrogen-bond donors (Lipinski definition) is 1. The third-order valence-corrected chi connectivity index (χ3v) is 4.81. The number of aromatic nitrogens is 1. The van der Waals surface area contributed by atoms with E-state index in [9.17, 15) is 13.2 Å². The maximum atomic E-state index is 12.6. The maximum absolute atomic E-state index is 12.6. The zero-order valence-electron chi connectivity index (χ0n) is 10.4. The maximum Gasteiger partial charge on any atom is 0.443 e. The average molecular weight is 306 g/mol. The lowest BCUT2D eigenvalue weighted by molar-refractivity contribution is -0.137. The van der Waals surface area contributed by atoms with Gasteiger partial charge >= 0.3 is 6.18 Å². The first-order valence-electron chi connectivity index (χ1n) is 5.73. The fourth-order valence-electron chi connectivity index (χ4n) is 1.76. The number of thiophene rings is 1. The fraction of sp³-hybridized carbons (Fsp3) is 0.417. The Hall–Kier alpha value is -0.920. The molecule has 1 unspecified atom stereocenters. The van der Waals surface area contributed by atoms with Crippen molar-refractivity contribution in [3.63, 3.8) is 0 Å². The summed E-state index contributed by atoms with van der Waals surface area (Å²) < 4.78 is 37.8. The highest BCUT2D eigenvalue weighted by atomic mass is 32.1. The summed E-state index contributed by atoms with van der Waals surface area (Å²) in [5.74, 6) is 0. The Labute approximate surface area is 117 Å². The summed E-state index contributed by atoms with van der Waals surface area (Å²) in [6, 6.07) is 1.76. The number of alkyl halides is 3. The van der Waals surface area contributed by atoms with E-state index in [0.29, 0.717) is 22.8 Å². The SMILES string of the molecule is CCNC(c1cnc(C(F)(F)F)s1)c1sccc1C. The molecule has 1 N–H and O–H groups in total. The number of hydrogen-bond acceptors (Lipinski definition) is 4. The Kier molecular flexibility index (Phi) is 4.27. The van der Waals surface area contributed by atoms with Crippen LogP contribution in [0.2, 0.25) is 0 Å². The van der Waals surface area contributed by atoms with Crippen molar-refractivity contribution in [1.29, 1.82) is 0 Å². The summed E-state index contributed by atoms with van der Waals surface area (Å²) in [6.07, 6.45) is -3.05. The van der Waals surface area contributed by atoms with E-state index < -0.39 is 11.2 Å². The molecule has 2 aromatic heterocycles. The van der Waals surface area contributed by atoms with E-state index in [-0.39, 0.29) is 6.04 Å². The highest BCUT2D eigenvalue weighted by Gasteiger charge is 2.35. The van der Waals surface area contributed by atoms with E-state index >= 15 is 0 Å². The second-order valence-corrected chi connectivity index (χ2v) is 6.03. The largest absolute Gasteiger partial charge is 0.443 e. The van der Waals surface area contributed by atoms with Gasteiger partial charge in [-0.1, -0.05) is 6.92 Å². The summed E-state index contributed by atoms with van der Waals surface area (Å²) in [6.45, 7) is 4.57. The van der Waals surface area contributed by atoms with Gasteiger partial charge in [0.2, 0.25) is 0 Å². The minimum atomic E-state index is -4.37. The Balaban J connectivity index is 2.35. The molecule has 0 radical (unpaired) electrons. The Bertz CT molecular complexity index is 545. The first-order valence-corrected chi connectivity index (χ1v) is 7.43. The van der Waals surface area contributed by atoms with Gasteiger partial charge in [-0.15, -0.1) is 22.7 Å². The fourth-order valence-corrected chi connectivity index (χ4v) is 3.72. The van der Waals surface area contributed by atoms with Gasteiger partial charge in [-0.25, -0.2) is 4.98 Å². The van der Waals surface area contributed by atoms with Gasteiger partial charge in [0.05, 0.1) is 6.04 Å². The first kappa shape index (κ1) is 14.5. The topological polar surface area (TPSA) is 24.9 Å². The summed E-state index contributed by atoms with van der Waals surface area (Å²) in [7, 11) is 0. The molecule has 0 bridgehead atoms. The highest BCUT2D eigenvalue weighted by Crippen LogP contribution is 2.37. The Morgan fingerprint density at radius 3 is 2.63 bits per heavy atom. The third-order valence-electron chi connectivity index (χ3n) is 2.62. The molecule has 0 aliphatic heterocycles. The van der Waals surface area contributed by atoms with Gasteiger partial charge in [0.25, 0.3) is 0 Å². The van der Waals surface area contributed by atoms with Crippen LogP contribution >= 0.6 is 22.7 Å². The van der Waals surface area contributed by atoms with E-state index in [1.807, 2.05) is 25.3 Å².